The van der Waals surface area contributed by atoms with E-state index in [1.807, 2.05) is 11.4 Å². The Bertz CT molecular complexity index is 437. The molecular weight excluding hydrogens is 323 g/mol. The zero-order valence-electron chi connectivity index (χ0n) is 13.4. The average Bonchev–Trinajstić information content (AvgIpc) is 2.59. The van der Waals surface area contributed by atoms with Gasteiger partial charge in [0, 0.05) is 9.96 Å². The number of hydrogen-bond acceptors (Lipinski definition) is 5. The molecule has 1 heterocycles. The van der Waals surface area contributed by atoms with Crippen LogP contribution in [-0.4, -0.2) is 42.4 Å². The molecule has 0 spiro atoms. The van der Waals surface area contributed by atoms with E-state index in [-0.39, 0.29) is 0 Å². The van der Waals surface area contributed by atoms with Gasteiger partial charge in [-0.2, -0.15) is 11.3 Å². The smallest absolute Gasteiger partial charge is 0.433 e. The lowest BCUT2D eigenvalue weighted by molar-refractivity contribution is 0.405. The summed E-state index contributed by atoms with van der Waals surface area (Å²) in [5.74, 6) is 0. The fourth-order valence-electron chi connectivity index (χ4n) is 2.03. The number of hydrogen-bond donors (Lipinski definition) is 2. The van der Waals surface area contributed by atoms with Crippen LogP contribution in [0.1, 0.15) is 0 Å². The molecule has 0 radical (unpaired) electrons. The Morgan fingerprint density at radius 3 is 1.70 bits per heavy atom. The third-order valence-corrected chi connectivity index (χ3v) is 12.9. The van der Waals surface area contributed by atoms with Gasteiger partial charge < -0.3 is 18.3 Å². The van der Waals surface area contributed by atoms with Gasteiger partial charge in [-0.15, -0.1) is 0 Å². The van der Waals surface area contributed by atoms with Gasteiger partial charge >= 0.3 is 15.7 Å². The highest BCUT2D eigenvalue weighted by atomic mass is 32.1. The minimum Gasteiger partial charge on any atom is -0.433 e. The monoisotopic (exact) mass is 348 g/mol. The summed E-state index contributed by atoms with van der Waals surface area (Å²) in [5, 5.41) is 21.5. The van der Waals surface area contributed by atoms with Crippen LogP contribution in [0, 0.1) is 0 Å². The molecule has 0 bridgehead atoms. The lowest BCUT2D eigenvalue weighted by atomic mass is 9.90. The van der Waals surface area contributed by atoms with Crippen molar-refractivity contribution in [3.63, 3.8) is 0 Å². The van der Waals surface area contributed by atoms with E-state index in [0.29, 0.717) is 4.78 Å². The normalized spacial score (nSPS) is 13.7. The predicted octanol–water partition coefficient (Wildman–Crippen LogP) is 1.41. The Morgan fingerprint density at radius 2 is 1.40 bits per heavy atom. The van der Waals surface area contributed by atoms with Gasteiger partial charge in [-0.1, -0.05) is 0 Å². The largest absolute Gasteiger partial charge is 0.499 e. The molecular formula is C11H25BO4SSi3. The maximum absolute atomic E-state index is 9.29. The van der Waals surface area contributed by atoms with E-state index in [0.717, 1.165) is 5.19 Å². The van der Waals surface area contributed by atoms with Gasteiger partial charge in [-0.25, -0.2) is 0 Å². The highest BCUT2D eigenvalue weighted by Crippen LogP contribution is 2.21. The first kappa shape index (κ1) is 18.3. The molecule has 114 valence electrons. The average molecular weight is 348 g/mol. The highest BCUT2D eigenvalue weighted by Gasteiger charge is 2.43. The summed E-state index contributed by atoms with van der Waals surface area (Å²) in [6.07, 6.45) is 0. The topological polar surface area (TPSA) is 58.9 Å². The SMILES string of the molecule is C[Si](C)(C)O[Si](C)(O[Si](C)(C)C)c1csc(B(O)O)c1. The molecule has 0 aliphatic rings. The quantitative estimate of drug-likeness (QED) is 0.763. The van der Waals surface area contributed by atoms with Crippen molar-refractivity contribution in [2.24, 2.45) is 0 Å². The Morgan fingerprint density at radius 1 is 0.950 bits per heavy atom. The van der Waals surface area contributed by atoms with E-state index in [1.54, 1.807) is 0 Å². The lowest BCUT2D eigenvalue weighted by Crippen LogP contribution is -2.60. The first-order valence-corrected chi connectivity index (χ1v) is 16.7. The second-order valence-electron chi connectivity index (χ2n) is 6.99. The highest BCUT2D eigenvalue weighted by molar-refractivity contribution is 7.22. The van der Waals surface area contributed by atoms with E-state index in [1.165, 1.54) is 11.3 Å². The summed E-state index contributed by atoms with van der Waals surface area (Å²) in [5.41, 5.74) is 0. The minimum absolute atomic E-state index is 0.539. The molecule has 0 aliphatic carbocycles. The van der Waals surface area contributed by atoms with E-state index in [2.05, 4.69) is 45.8 Å². The fraction of sp³-hybridized carbons (Fsp3) is 0.636. The van der Waals surface area contributed by atoms with E-state index < -0.39 is 32.3 Å². The van der Waals surface area contributed by atoms with Gasteiger partial charge in [0.25, 0.3) is 0 Å². The molecule has 0 saturated heterocycles. The summed E-state index contributed by atoms with van der Waals surface area (Å²) in [6, 6.07) is 1.82. The van der Waals surface area contributed by atoms with Crippen LogP contribution in [0.2, 0.25) is 45.8 Å². The van der Waals surface area contributed by atoms with Crippen molar-refractivity contribution in [2.75, 3.05) is 0 Å². The van der Waals surface area contributed by atoms with Gasteiger partial charge in [-0.05, 0) is 57.3 Å². The van der Waals surface area contributed by atoms with E-state index in [9.17, 15) is 10.0 Å². The molecule has 20 heavy (non-hydrogen) atoms. The number of thiophene rings is 1. The van der Waals surface area contributed by atoms with Crippen molar-refractivity contribution in [3.05, 3.63) is 11.4 Å². The predicted molar refractivity (Wildman–Crippen MR) is 94.3 cm³/mol. The molecule has 1 aromatic rings. The summed E-state index contributed by atoms with van der Waals surface area (Å²) in [6.45, 7) is 15.0. The molecule has 2 N–H and O–H groups in total. The minimum atomic E-state index is -2.51. The molecule has 0 atom stereocenters. The summed E-state index contributed by atoms with van der Waals surface area (Å²) >= 11 is 1.34. The van der Waals surface area contributed by atoms with Crippen LogP contribution in [0.5, 0.6) is 0 Å². The fourth-order valence-corrected chi connectivity index (χ4v) is 15.1. The standard InChI is InChI=1S/C11H25BO4SSi3/c1-18(2,3)15-20(7,16-19(4,5)6)10-8-11(12(13)14)17-9-10/h8-9,13-14H,1-7H3. The number of rotatable bonds is 6. The Balaban J connectivity index is 3.15. The van der Waals surface area contributed by atoms with Crippen molar-refractivity contribution >= 4 is 53.6 Å². The van der Waals surface area contributed by atoms with Crippen molar-refractivity contribution in [2.45, 2.75) is 45.8 Å². The van der Waals surface area contributed by atoms with E-state index in [4.69, 9.17) is 8.23 Å². The molecule has 4 nitrogen and oxygen atoms in total. The third kappa shape index (κ3) is 5.56. The molecule has 0 amide bonds. The van der Waals surface area contributed by atoms with Crippen LogP contribution >= 0.6 is 11.3 Å². The summed E-state index contributed by atoms with van der Waals surface area (Å²) in [4.78, 5) is 0. The Hall–Kier alpha value is 0.256. The van der Waals surface area contributed by atoms with Crippen LogP contribution in [0.15, 0.2) is 11.4 Å². The molecule has 0 unspecified atom stereocenters. The molecule has 9 heteroatoms. The zero-order chi connectivity index (χ0) is 15.8. The van der Waals surface area contributed by atoms with Gasteiger partial charge in [0.2, 0.25) is 0 Å². The van der Waals surface area contributed by atoms with Crippen molar-refractivity contribution < 1.29 is 18.3 Å². The molecule has 0 fully saturated rings. The van der Waals surface area contributed by atoms with Crippen LogP contribution in [0.3, 0.4) is 0 Å². The van der Waals surface area contributed by atoms with E-state index >= 15 is 0 Å². The van der Waals surface area contributed by atoms with Crippen LogP contribution in [0.4, 0.5) is 0 Å². The van der Waals surface area contributed by atoms with Gasteiger partial charge in [0.05, 0.1) is 0 Å². The van der Waals surface area contributed by atoms with Gasteiger partial charge in [0.1, 0.15) is 0 Å². The van der Waals surface area contributed by atoms with Gasteiger partial charge in [0.15, 0.2) is 16.6 Å². The molecule has 0 aliphatic heterocycles. The summed E-state index contributed by atoms with van der Waals surface area (Å²) in [7, 11) is -7.44. The van der Waals surface area contributed by atoms with Crippen LogP contribution in [-0.2, 0) is 8.23 Å². The van der Waals surface area contributed by atoms with Crippen molar-refractivity contribution in [1.82, 2.24) is 0 Å². The molecule has 0 aromatic carbocycles. The van der Waals surface area contributed by atoms with Crippen LogP contribution < -0.4 is 9.96 Å². The van der Waals surface area contributed by atoms with Crippen molar-refractivity contribution in [3.8, 4) is 0 Å². The Kier molecular flexibility index (Phi) is 5.65. The molecule has 1 aromatic heterocycles. The van der Waals surface area contributed by atoms with Gasteiger partial charge in [-0.3, -0.25) is 0 Å². The lowest BCUT2D eigenvalue weighted by Gasteiger charge is -2.38. The summed E-state index contributed by atoms with van der Waals surface area (Å²) < 4.78 is 13.4. The Labute approximate surface area is 129 Å². The van der Waals surface area contributed by atoms with Crippen LogP contribution in [0.25, 0.3) is 0 Å². The second-order valence-corrected chi connectivity index (χ2v) is 20.5. The first-order chi connectivity index (χ1) is 8.82. The third-order valence-electron chi connectivity index (χ3n) is 2.40. The molecule has 1 rings (SSSR count). The second kappa shape index (κ2) is 6.17. The van der Waals surface area contributed by atoms with Crippen molar-refractivity contribution in [1.29, 1.82) is 0 Å². The zero-order valence-corrected chi connectivity index (χ0v) is 17.2. The molecule has 0 saturated carbocycles. The first-order valence-electron chi connectivity index (χ1n) is 6.68. The maximum atomic E-state index is 9.29. The maximum Gasteiger partial charge on any atom is 0.499 e.